The summed E-state index contributed by atoms with van der Waals surface area (Å²) in [5.41, 5.74) is 1.99. The number of fused-ring (bicyclic) bond motifs is 1. The Morgan fingerprint density at radius 2 is 2.04 bits per heavy atom. The molecule has 5 heteroatoms. The number of carbonyl (C=O) groups is 1. The smallest absolute Gasteiger partial charge is 0.306 e. The molecule has 0 amide bonds. The second-order valence-electron chi connectivity index (χ2n) is 4.92. The normalized spacial score (nSPS) is 11.1. The largest absolute Gasteiger partial charge is 0.493 e. The minimum Gasteiger partial charge on any atom is -0.493 e. The fourth-order valence-electron chi connectivity index (χ4n) is 2.09. The lowest BCUT2D eigenvalue weighted by molar-refractivity contribution is -0.137. The van der Waals surface area contributed by atoms with Gasteiger partial charge in [0, 0.05) is 0 Å². The number of aromatic nitrogens is 1. The highest BCUT2D eigenvalue weighted by Crippen LogP contribution is 2.23. The molecule has 2 aromatic carbocycles. The first-order valence-corrected chi connectivity index (χ1v) is 8.01. The average Bonchev–Trinajstić information content (AvgIpc) is 2.96. The molecule has 116 valence electrons. The Balaban J connectivity index is 1.70. The molecule has 0 aliphatic heterocycles. The maximum Gasteiger partial charge on any atom is 0.306 e. The van der Waals surface area contributed by atoms with Gasteiger partial charge in [0.1, 0.15) is 10.8 Å². The molecule has 0 atom stereocenters. The van der Waals surface area contributed by atoms with Gasteiger partial charge in [-0.1, -0.05) is 30.3 Å². The average molecular weight is 325 g/mol. The number of carboxylic acid groups (broad SMARTS) is 1. The standard InChI is InChI=1S/C18H15NO3S/c20-18(21)10-11-22-14-5-3-4-13(12-14)8-9-17-19-15-6-1-2-7-16(15)23-17/h1-9,12H,10-11H2,(H,20,21). The van der Waals surface area contributed by atoms with Gasteiger partial charge in [0.15, 0.2) is 0 Å². The second-order valence-corrected chi connectivity index (χ2v) is 5.98. The molecule has 0 saturated heterocycles. The van der Waals surface area contributed by atoms with E-state index >= 15 is 0 Å². The molecule has 0 radical (unpaired) electrons. The zero-order valence-corrected chi connectivity index (χ0v) is 13.1. The highest BCUT2D eigenvalue weighted by atomic mass is 32.1. The van der Waals surface area contributed by atoms with Crippen molar-refractivity contribution in [1.82, 2.24) is 4.98 Å². The topological polar surface area (TPSA) is 59.4 Å². The summed E-state index contributed by atoms with van der Waals surface area (Å²) in [5, 5.41) is 9.57. The van der Waals surface area contributed by atoms with Gasteiger partial charge in [-0.3, -0.25) is 4.79 Å². The van der Waals surface area contributed by atoms with Crippen LogP contribution in [0.5, 0.6) is 5.75 Å². The Morgan fingerprint density at radius 1 is 1.17 bits per heavy atom. The van der Waals surface area contributed by atoms with Crippen molar-refractivity contribution in [2.45, 2.75) is 6.42 Å². The number of benzene rings is 2. The van der Waals surface area contributed by atoms with E-state index in [0.29, 0.717) is 5.75 Å². The van der Waals surface area contributed by atoms with E-state index in [9.17, 15) is 4.79 Å². The van der Waals surface area contributed by atoms with E-state index in [1.807, 2.05) is 54.6 Å². The van der Waals surface area contributed by atoms with Crippen LogP contribution >= 0.6 is 11.3 Å². The Morgan fingerprint density at radius 3 is 2.87 bits per heavy atom. The van der Waals surface area contributed by atoms with E-state index in [0.717, 1.165) is 20.8 Å². The van der Waals surface area contributed by atoms with Crippen molar-refractivity contribution in [2.24, 2.45) is 0 Å². The van der Waals surface area contributed by atoms with E-state index in [-0.39, 0.29) is 13.0 Å². The Kier molecular flexibility index (Phi) is 4.68. The van der Waals surface area contributed by atoms with Crippen molar-refractivity contribution in [2.75, 3.05) is 6.61 Å². The SMILES string of the molecule is O=C(O)CCOc1cccc(C=Cc2nc3ccccc3s2)c1. The van der Waals surface area contributed by atoms with Crippen LogP contribution in [-0.4, -0.2) is 22.7 Å². The van der Waals surface area contributed by atoms with E-state index < -0.39 is 5.97 Å². The van der Waals surface area contributed by atoms with Crippen LogP contribution in [0.25, 0.3) is 22.4 Å². The first-order valence-electron chi connectivity index (χ1n) is 7.19. The Hall–Kier alpha value is -2.66. The summed E-state index contributed by atoms with van der Waals surface area (Å²) < 4.78 is 6.59. The van der Waals surface area contributed by atoms with Gasteiger partial charge in [0.05, 0.1) is 23.2 Å². The quantitative estimate of drug-likeness (QED) is 0.733. The van der Waals surface area contributed by atoms with E-state index in [2.05, 4.69) is 11.1 Å². The van der Waals surface area contributed by atoms with Crippen LogP contribution in [0, 0.1) is 0 Å². The third kappa shape index (κ3) is 4.17. The molecular weight excluding hydrogens is 310 g/mol. The van der Waals surface area contributed by atoms with E-state index in [1.54, 1.807) is 11.3 Å². The number of para-hydroxylation sites is 1. The molecule has 3 aromatic rings. The van der Waals surface area contributed by atoms with E-state index in [4.69, 9.17) is 9.84 Å². The van der Waals surface area contributed by atoms with Crippen molar-refractivity contribution in [3.8, 4) is 5.75 Å². The summed E-state index contributed by atoms with van der Waals surface area (Å²) in [6.07, 6.45) is 3.94. The van der Waals surface area contributed by atoms with Crippen LogP contribution < -0.4 is 4.74 Å². The van der Waals surface area contributed by atoms with Crippen LogP contribution in [0.3, 0.4) is 0 Å². The van der Waals surface area contributed by atoms with Crippen LogP contribution in [0.1, 0.15) is 17.0 Å². The fourth-order valence-corrected chi connectivity index (χ4v) is 2.96. The molecule has 0 saturated carbocycles. The predicted molar refractivity (Wildman–Crippen MR) is 92.7 cm³/mol. The summed E-state index contributed by atoms with van der Waals surface area (Å²) in [6, 6.07) is 15.6. The van der Waals surface area contributed by atoms with Gasteiger partial charge >= 0.3 is 5.97 Å². The molecule has 1 heterocycles. The van der Waals surface area contributed by atoms with Crippen LogP contribution in [0.15, 0.2) is 48.5 Å². The first kappa shape index (κ1) is 15.2. The number of carboxylic acids is 1. The Labute approximate surface area is 137 Å². The van der Waals surface area contributed by atoms with Gasteiger partial charge in [0.2, 0.25) is 0 Å². The lowest BCUT2D eigenvalue weighted by Gasteiger charge is -2.04. The highest BCUT2D eigenvalue weighted by molar-refractivity contribution is 7.19. The van der Waals surface area contributed by atoms with E-state index in [1.165, 1.54) is 0 Å². The van der Waals surface area contributed by atoms with Crippen molar-refractivity contribution in [1.29, 1.82) is 0 Å². The number of rotatable bonds is 6. The van der Waals surface area contributed by atoms with Gasteiger partial charge in [-0.05, 0) is 35.9 Å². The first-order chi connectivity index (χ1) is 11.2. The van der Waals surface area contributed by atoms with Crippen LogP contribution in [0.2, 0.25) is 0 Å². The third-order valence-corrected chi connectivity index (χ3v) is 4.17. The molecule has 0 aliphatic carbocycles. The molecule has 1 aromatic heterocycles. The van der Waals surface area contributed by atoms with Crippen molar-refractivity contribution in [3.05, 3.63) is 59.1 Å². The molecule has 0 bridgehead atoms. The maximum absolute atomic E-state index is 10.5. The number of thiazole rings is 1. The molecule has 0 aliphatic rings. The molecule has 3 rings (SSSR count). The third-order valence-electron chi connectivity index (χ3n) is 3.17. The minimum absolute atomic E-state index is 0.00816. The highest BCUT2D eigenvalue weighted by Gasteiger charge is 2.01. The molecule has 4 nitrogen and oxygen atoms in total. The summed E-state index contributed by atoms with van der Waals surface area (Å²) in [5.74, 6) is -0.199. The van der Waals surface area contributed by atoms with Crippen molar-refractivity contribution < 1.29 is 14.6 Å². The summed E-state index contributed by atoms with van der Waals surface area (Å²) in [4.78, 5) is 15.0. The van der Waals surface area contributed by atoms with Crippen molar-refractivity contribution >= 4 is 39.7 Å². The molecular formula is C18H15NO3S. The van der Waals surface area contributed by atoms with Crippen LogP contribution in [0.4, 0.5) is 0 Å². The predicted octanol–water partition coefficient (Wildman–Crippen LogP) is 4.32. The molecule has 0 fully saturated rings. The molecule has 23 heavy (non-hydrogen) atoms. The Bertz CT molecular complexity index is 821. The van der Waals surface area contributed by atoms with Crippen molar-refractivity contribution in [3.63, 3.8) is 0 Å². The minimum atomic E-state index is -0.864. The molecule has 1 N–H and O–H groups in total. The maximum atomic E-state index is 10.5. The number of hydrogen-bond donors (Lipinski definition) is 1. The van der Waals surface area contributed by atoms with Gasteiger partial charge < -0.3 is 9.84 Å². The lowest BCUT2D eigenvalue weighted by atomic mass is 10.2. The summed E-state index contributed by atoms with van der Waals surface area (Å²) in [6.45, 7) is 0.167. The fraction of sp³-hybridized carbons (Fsp3) is 0.111. The van der Waals surface area contributed by atoms with Crippen LogP contribution in [-0.2, 0) is 4.79 Å². The number of nitrogens with zero attached hydrogens (tertiary/aromatic N) is 1. The van der Waals surface area contributed by atoms with Gasteiger partial charge in [-0.15, -0.1) is 11.3 Å². The monoisotopic (exact) mass is 325 g/mol. The molecule has 0 unspecified atom stereocenters. The number of ether oxygens (including phenoxy) is 1. The van der Waals surface area contributed by atoms with Gasteiger partial charge in [-0.2, -0.15) is 0 Å². The summed E-state index contributed by atoms with van der Waals surface area (Å²) >= 11 is 1.64. The van der Waals surface area contributed by atoms with Gasteiger partial charge in [-0.25, -0.2) is 4.98 Å². The number of hydrogen-bond acceptors (Lipinski definition) is 4. The molecule has 0 spiro atoms. The number of aliphatic carboxylic acids is 1. The lowest BCUT2D eigenvalue weighted by Crippen LogP contribution is -2.04. The summed E-state index contributed by atoms with van der Waals surface area (Å²) in [7, 11) is 0. The zero-order valence-electron chi connectivity index (χ0n) is 12.3. The van der Waals surface area contributed by atoms with Gasteiger partial charge in [0.25, 0.3) is 0 Å². The zero-order chi connectivity index (χ0) is 16.1. The second kappa shape index (κ2) is 7.07.